The van der Waals surface area contributed by atoms with E-state index in [0.29, 0.717) is 18.4 Å². The van der Waals surface area contributed by atoms with E-state index in [-0.39, 0.29) is 0 Å². The van der Waals surface area contributed by atoms with Gasteiger partial charge in [0.05, 0.1) is 28.3 Å². The number of piperidine rings is 2. The molecule has 1 amide bonds. The number of aromatic nitrogens is 1. The zero-order valence-electron chi connectivity index (χ0n) is 16.7. The van der Waals surface area contributed by atoms with Crippen molar-refractivity contribution >= 4 is 27.5 Å². The molecule has 3 aliphatic rings. The summed E-state index contributed by atoms with van der Waals surface area (Å²) in [6, 6.07) is 8.39. The fourth-order valence-electron chi connectivity index (χ4n) is 5.75. The van der Waals surface area contributed by atoms with Gasteiger partial charge in [0.1, 0.15) is 0 Å². The second-order valence-electron chi connectivity index (χ2n) is 9.17. The molecule has 150 valence electrons. The number of likely N-dealkylation sites (tertiary alicyclic amines) is 2. The third-order valence-electron chi connectivity index (χ3n) is 7.32. The Morgan fingerprint density at radius 2 is 1.96 bits per heavy atom. The molecule has 1 N–H and O–H groups in total. The zero-order valence-corrected chi connectivity index (χ0v) is 17.6. The molecule has 0 bridgehead atoms. The fourth-order valence-corrected chi connectivity index (χ4v) is 6.84. The van der Waals surface area contributed by atoms with Crippen molar-refractivity contribution < 1.29 is 9.69 Å². The van der Waals surface area contributed by atoms with Crippen LogP contribution in [0.15, 0.2) is 24.3 Å². The lowest BCUT2D eigenvalue weighted by Gasteiger charge is -2.39. The summed E-state index contributed by atoms with van der Waals surface area (Å²) in [7, 11) is 0. The first-order valence-electron chi connectivity index (χ1n) is 11.2. The van der Waals surface area contributed by atoms with Crippen molar-refractivity contribution in [1.82, 2.24) is 9.88 Å². The Morgan fingerprint density at radius 3 is 2.86 bits per heavy atom. The molecule has 0 spiro atoms. The second-order valence-corrected chi connectivity index (χ2v) is 10.2. The maximum absolute atomic E-state index is 13.1. The van der Waals surface area contributed by atoms with Crippen LogP contribution in [0, 0.1) is 11.8 Å². The highest BCUT2D eigenvalue weighted by atomic mass is 32.1. The monoisotopic (exact) mass is 398 g/mol. The zero-order chi connectivity index (χ0) is 18.9. The van der Waals surface area contributed by atoms with Gasteiger partial charge in [0.15, 0.2) is 6.54 Å². The number of hydrogen-bond donors (Lipinski definition) is 1. The molecule has 3 fully saturated rings. The molecule has 4 nitrogen and oxygen atoms in total. The van der Waals surface area contributed by atoms with Crippen LogP contribution in [0.3, 0.4) is 0 Å². The maximum atomic E-state index is 13.1. The molecule has 3 heterocycles. The predicted octanol–water partition coefficient (Wildman–Crippen LogP) is 3.10. The number of para-hydroxylation sites is 1. The lowest BCUT2D eigenvalue weighted by molar-refractivity contribution is -0.903. The molecular weight excluding hydrogens is 366 g/mol. The number of carbonyl (C=O) groups is 1. The molecule has 1 aromatic heterocycles. The van der Waals surface area contributed by atoms with Crippen molar-refractivity contribution in [3.8, 4) is 0 Å². The summed E-state index contributed by atoms with van der Waals surface area (Å²) in [5, 5.41) is 1.22. The van der Waals surface area contributed by atoms with Gasteiger partial charge in [-0.25, -0.2) is 4.98 Å². The van der Waals surface area contributed by atoms with Gasteiger partial charge >= 0.3 is 0 Å². The molecular formula is C23H32N3OS+. The van der Waals surface area contributed by atoms with Crippen LogP contribution in [0.5, 0.6) is 0 Å². The average Bonchev–Trinajstić information content (AvgIpc) is 3.18. The van der Waals surface area contributed by atoms with E-state index in [0.717, 1.165) is 43.3 Å². The number of thiazole rings is 1. The molecule has 2 saturated heterocycles. The molecule has 4 atom stereocenters. The summed E-state index contributed by atoms with van der Waals surface area (Å²) in [4.78, 5) is 21.6. The van der Waals surface area contributed by atoms with Crippen LogP contribution in [-0.2, 0) is 4.79 Å². The van der Waals surface area contributed by atoms with Crippen molar-refractivity contribution in [2.24, 2.45) is 11.8 Å². The lowest BCUT2D eigenvalue weighted by Crippen LogP contribution is -3.15. The molecule has 1 aromatic carbocycles. The second kappa shape index (κ2) is 8.11. The SMILES string of the molecule is O=C(C[NH+]1CC[C@@H]2CCCC[C@@H]2C1)N1CCC[C@H](c2nc3ccccc3s2)C1. The molecule has 0 radical (unpaired) electrons. The molecule has 2 aromatic rings. The van der Waals surface area contributed by atoms with E-state index in [9.17, 15) is 4.79 Å². The normalized spacial score (nSPS) is 30.9. The smallest absolute Gasteiger partial charge is 0.277 e. The highest BCUT2D eigenvalue weighted by Crippen LogP contribution is 2.34. The van der Waals surface area contributed by atoms with E-state index in [2.05, 4.69) is 29.2 Å². The Balaban J connectivity index is 1.20. The first-order chi connectivity index (χ1) is 13.8. The highest BCUT2D eigenvalue weighted by Gasteiger charge is 2.35. The maximum Gasteiger partial charge on any atom is 0.277 e. The van der Waals surface area contributed by atoms with Crippen molar-refractivity contribution in [1.29, 1.82) is 0 Å². The van der Waals surface area contributed by atoms with Crippen molar-refractivity contribution in [2.75, 3.05) is 32.7 Å². The molecule has 5 heteroatoms. The Morgan fingerprint density at radius 1 is 1.11 bits per heavy atom. The number of fused-ring (bicyclic) bond motifs is 2. The number of amides is 1. The predicted molar refractivity (Wildman–Crippen MR) is 114 cm³/mol. The molecule has 2 aliphatic heterocycles. The van der Waals surface area contributed by atoms with E-state index < -0.39 is 0 Å². The van der Waals surface area contributed by atoms with Crippen LogP contribution in [-0.4, -0.2) is 48.5 Å². The van der Waals surface area contributed by atoms with Gasteiger partial charge in [-0.15, -0.1) is 11.3 Å². The minimum Gasteiger partial charge on any atom is -0.337 e. The van der Waals surface area contributed by atoms with Crippen LogP contribution < -0.4 is 4.90 Å². The molecule has 28 heavy (non-hydrogen) atoms. The summed E-state index contributed by atoms with van der Waals surface area (Å²) in [5.41, 5.74) is 1.10. The fraction of sp³-hybridized carbons (Fsp3) is 0.652. The van der Waals surface area contributed by atoms with Crippen molar-refractivity contribution in [3.63, 3.8) is 0 Å². The number of nitrogens with zero attached hydrogens (tertiary/aromatic N) is 2. The Bertz CT molecular complexity index is 801. The molecule has 1 aliphatic carbocycles. The number of quaternary nitrogens is 1. The summed E-state index contributed by atoms with van der Waals surface area (Å²) in [6.07, 6.45) is 9.25. The number of hydrogen-bond acceptors (Lipinski definition) is 3. The van der Waals surface area contributed by atoms with Crippen molar-refractivity contribution in [2.45, 2.75) is 50.9 Å². The summed E-state index contributed by atoms with van der Waals surface area (Å²) < 4.78 is 1.26. The third kappa shape index (κ3) is 3.84. The van der Waals surface area contributed by atoms with Gasteiger partial charge < -0.3 is 9.80 Å². The van der Waals surface area contributed by atoms with Crippen LogP contribution in [0.2, 0.25) is 0 Å². The first kappa shape index (κ1) is 18.6. The van der Waals surface area contributed by atoms with Crippen LogP contribution in [0.25, 0.3) is 10.2 Å². The van der Waals surface area contributed by atoms with Gasteiger partial charge in [-0.2, -0.15) is 0 Å². The number of nitrogens with one attached hydrogen (secondary N) is 1. The minimum absolute atomic E-state index is 0.370. The molecule has 1 unspecified atom stereocenters. The van der Waals surface area contributed by atoms with Crippen LogP contribution >= 0.6 is 11.3 Å². The van der Waals surface area contributed by atoms with Gasteiger partial charge in [-0.3, -0.25) is 4.79 Å². The van der Waals surface area contributed by atoms with Crippen molar-refractivity contribution in [3.05, 3.63) is 29.3 Å². The summed E-state index contributed by atoms with van der Waals surface area (Å²) in [6.45, 7) is 4.92. The van der Waals surface area contributed by atoms with Gasteiger partial charge in [-0.1, -0.05) is 25.0 Å². The summed E-state index contributed by atoms with van der Waals surface area (Å²) in [5.74, 6) is 2.61. The van der Waals surface area contributed by atoms with Gasteiger partial charge in [0, 0.05) is 24.9 Å². The van der Waals surface area contributed by atoms with Gasteiger partial charge in [0.2, 0.25) is 0 Å². The topological polar surface area (TPSA) is 37.6 Å². The third-order valence-corrected chi connectivity index (χ3v) is 8.52. The first-order valence-corrected chi connectivity index (χ1v) is 12.0. The Hall–Kier alpha value is -1.46. The number of carbonyl (C=O) groups excluding carboxylic acids is 1. The van der Waals surface area contributed by atoms with E-state index in [4.69, 9.17) is 4.98 Å². The standard InChI is InChI=1S/C23H31N3OS/c27-22(16-25-13-11-17-6-1-2-7-18(17)14-25)26-12-5-8-19(15-26)23-24-20-9-3-4-10-21(20)28-23/h3-4,9-10,17-19H,1-2,5-8,11-16H2/p+1/t17-,18+,19-/m0/s1. The van der Waals surface area contributed by atoms with Gasteiger partial charge in [-0.05, 0) is 50.2 Å². The van der Waals surface area contributed by atoms with E-state index >= 15 is 0 Å². The van der Waals surface area contributed by atoms with E-state index in [1.165, 1.54) is 59.8 Å². The van der Waals surface area contributed by atoms with E-state index in [1.54, 1.807) is 0 Å². The minimum atomic E-state index is 0.370. The summed E-state index contributed by atoms with van der Waals surface area (Å²) >= 11 is 1.81. The van der Waals surface area contributed by atoms with Crippen LogP contribution in [0.1, 0.15) is 55.9 Å². The largest absolute Gasteiger partial charge is 0.337 e. The molecule has 1 saturated carbocycles. The van der Waals surface area contributed by atoms with Gasteiger partial charge in [0.25, 0.3) is 5.91 Å². The number of rotatable bonds is 3. The quantitative estimate of drug-likeness (QED) is 0.863. The molecule has 5 rings (SSSR count). The van der Waals surface area contributed by atoms with Crippen LogP contribution in [0.4, 0.5) is 0 Å². The average molecular weight is 399 g/mol. The Labute approximate surface area is 171 Å². The number of benzene rings is 1. The van der Waals surface area contributed by atoms with E-state index in [1.807, 2.05) is 11.3 Å². The lowest BCUT2D eigenvalue weighted by atomic mass is 9.75. The highest BCUT2D eigenvalue weighted by molar-refractivity contribution is 7.18. The Kier molecular flexibility index (Phi) is 5.38.